The van der Waals surface area contributed by atoms with Crippen LogP contribution in [0.5, 0.6) is 0 Å². The first-order chi connectivity index (χ1) is 10.1. The van der Waals surface area contributed by atoms with Crippen molar-refractivity contribution in [2.45, 2.75) is 44.3 Å². The molecular formula is C16H24N2O3. The highest BCUT2D eigenvalue weighted by Gasteiger charge is 2.15. The van der Waals surface area contributed by atoms with Crippen molar-refractivity contribution in [1.82, 2.24) is 0 Å². The third-order valence-electron chi connectivity index (χ3n) is 3.79. The maximum absolute atomic E-state index is 11.0. The molecule has 0 radical (unpaired) electrons. The molecule has 5 nitrogen and oxygen atoms in total. The Bertz CT molecular complexity index is 441. The molecule has 1 aromatic rings. The molecule has 0 saturated heterocycles. The molecule has 0 spiro atoms. The summed E-state index contributed by atoms with van der Waals surface area (Å²) in [7, 11) is 0. The van der Waals surface area contributed by atoms with Crippen molar-refractivity contribution in [2.24, 2.45) is 5.73 Å². The smallest absolute Gasteiger partial charge is 0.248 e. The van der Waals surface area contributed by atoms with Gasteiger partial charge in [-0.3, -0.25) is 4.79 Å². The number of amides is 1. The van der Waals surface area contributed by atoms with E-state index in [0.29, 0.717) is 24.8 Å². The predicted octanol–water partition coefficient (Wildman–Crippen LogP) is 1.91. The van der Waals surface area contributed by atoms with Crippen molar-refractivity contribution in [3.63, 3.8) is 0 Å². The predicted molar refractivity (Wildman–Crippen MR) is 82.3 cm³/mol. The summed E-state index contributed by atoms with van der Waals surface area (Å²) in [5.41, 5.74) is 6.50. The number of benzene rings is 1. The first-order valence-corrected chi connectivity index (χ1v) is 7.58. The molecule has 1 unspecified atom stereocenters. The van der Waals surface area contributed by atoms with Crippen molar-refractivity contribution in [3.8, 4) is 0 Å². The molecule has 21 heavy (non-hydrogen) atoms. The standard InChI is InChI=1S/C16H24N2O3/c17-16(20)12-6-8-13(9-7-12)18-10-14(19)11-21-15-4-2-1-3-5-15/h6-9,14-15,18-19H,1-5,10-11H2,(H2,17,20). The lowest BCUT2D eigenvalue weighted by Gasteiger charge is -2.23. The summed E-state index contributed by atoms with van der Waals surface area (Å²) in [6.07, 6.45) is 5.73. The van der Waals surface area contributed by atoms with Crippen molar-refractivity contribution in [2.75, 3.05) is 18.5 Å². The maximum atomic E-state index is 11.0. The minimum absolute atomic E-state index is 0.309. The molecule has 1 atom stereocenters. The van der Waals surface area contributed by atoms with E-state index in [-0.39, 0.29) is 0 Å². The topological polar surface area (TPSA) is 84.6 Å². The van der Waals surface area contributed by atoms with E-state index in [0.717, 1.165) is 18.5 Å². The fourth-order valence-electron chi connectivity index (χ4n) is 2.53. The van der Waals surface area contributed by atoms with E-state index in [4.69, 9.17) is 10.5 Å². The zero-order chi connectivity index (χ0) is 15.1. The van der Waals surface area contributed by atoms with Gasteiger partial charge in [-0.25, -0.2) is 0 Å². The van der Waals surface area contributed by atoms with Crippen LogP contribution in [0.1, 0.15) is 42.5 Å². The van der Waals surface area contributed by atoms with Gasteiger partial charge in [0.1, 0.15) is 0 Å². The summed E-state index contributed by atoms with van der Waals surface area (Å²) in [5.74, 6) is -0.442. The Morgan fingerprint density at radius 1 is 1.29 bits per heavy atom. The van der Waals surface area contributed by atoms with Gasteiger partial charge in [0.2, 0.25) is 5.91 Å². The highest BCUT2D eigenvalue weighted by atomic mass is 16.5. The van der Waals surface area contributed by atoms with E-state index in [1.54, 1.807) is 24.3 Å². The molecule has 1 aliphatic rings. The second-order valence-corrected chi connectivity index (χ2v) is 5.57. The first-order valence-electron chi connectivity index (χ1n) is 7.58. The second kappa shape index (κ2) is 8.00. The van der Waals surface area contributed by atoms with Crippen LogP contribution >= 0.6 is 0 Å². The summed E-state index contributed by atoms with van der Waals surface area (Å²) in [4.78, 5) is 11.0. The number of anilines is 1. The number of carbonyl (C=O) groups is 1. The molecule has 0 heterocycles. The van der Waals surface area contributed by atoms with Crippen LogP contribution in [0, 0.1) is 0 Å². The number of rotatable bonds is 7. The van der Waals surface area contributed by atoms with Crippen molar-refractivity contribution < 1.29 is 14.6 Å². The van der Waals surface area contributed by atoms with E-state index in [1.807, 2.05) is 0 Å². The van der Waals surface area contributed by atoms with Gasteiger partial charge < -0.3 is 20.9 Å². The van der Waals surface area contributed by atoms with Gasteiger partial charge in [0, 0.05) is 17.8 Å². The van der Waals surface area contributed by atoms with Crippen LogP contribution in [0.2, 0.25) is 0 Å². The van der Waals surface area contributed by atoms with Crippen molar-refractivity contribution >= 4 is 11.6 Å². The SMILES string of the molecule is NC(=O)c1ccc(NCC(O)COC2CCCCC2)cc1. The Labute approximate surface area is 125 Å². The van der Waals surface area contributed by atoms with Gasteiger partial charge in [0.25, 0.3) is 0 Å². The first kappa shape index (κ1) is 15.8. The average Bonchev–Trinajstić information content (AvgIpc) is 2.52. The zero-order valence-corrected chi connectivity index (χ0v) is 12.3. The van der Waals surface area contributed by atoms with Crippen LogP contribution in [-0.2, 0) is 4.74 Å². The van der Waals surface area contributed by atoms with Gasteiger partial charge in [-0.05, 0) is 37.1 Å². The molecule has 1 fully saturated rings. The summed E-state index contributed by atoms with van der Waals surface area (Å²) < 4.78 is 5.73. The van der Waals surface area contributed by atoms with Gasteiger partial charge in [-0.1, -0.05) is 19.3 Å². The molecule has 0 bridgehead atoms. The summed E-state index contributed by atoms with van der Waals surface area (Å²) >= 11 is 0. The van der Waals surface area contributed by atoms with Crippen LogP contribution in [0.15, 0.2) is 24.3 Å². The highest BCUT2D eigenvalue weighted by molar-refractivity contribution is 5.93. The van der Waals surface area contributed by atoms with Gasteiger partial charge in [-0.15, -0.1) is 0 Å². The number of ether oxygens (including phenoxy) is 1. The Kier molecular flexibility index (Phi) is 6.02. The zero-order valence-electron chi connectivity index (χ0n) is 12.3. The molecule has 1 saturated carbocycles. The number of hydrogen-bond donors (Lipinski definition) is 3. The van der Waals surface area contributed by atoms with Crippen molar-refractivity contribution in [3.05, 3.63) is 29.8 Å². The third kappa shape index (κ3) is 5.36. The number of primary amides is 1. The molecule has 2 rings (SSSR count). The minimum Gasteiger partial charge on any atom is -0.389 e. The van der Waals surface area contributed by atoms with Gasteiger partial charge in [0.05, 0.1) is 18.8 Å². The normalized spacial score (nSPS) is 17.4. The van der Waals surface area contributed by atoms with Crippen LogP contribution in [0.4, 0.5) is 5.69 Å². The minimum atomic E-state index is -0.539. The van der Waals surface area contributed by atoms with E-state index in [9.17, 15) is 9.90 Å². The lowest BCUT2D eigenvalue weighted by Crippen LogP contribution is -2.28. The molecule has 4 N–H and O–H groups in total. The van der Waals surface area contributed by atoms with Crippen LogP contribution in [0.25, 0.3) is 0 Å². The Morgan fingerprint density at radius 3 is 2.57 bits per heavy atom. The van der Waals surface area contributed by atoms with E-state index < -0.39 is 12.0 Å². The van der Waals surface area contributed by atoms with Gasteiger partial charge >= 0.3 is 0 Å². The lowest BCUT2D eigenvalue weighted by atomic mass is 9.98. The largest absolute Gasteiger partial charge is 0.389 e. The van der Waals surface area contributed by atoms with E-state index in [2.05, 4.69) is 5.32 Å². The fourth-order valence-corrected chi connectivity index (χ4v) is 2.53. The monoisotopic (exact) mass is 292 g/mol. The van der Waals surface area contributed by atoms with Crippen LogP contribution < -0.4 is 11.1 Å². The average molecular weight is 292 g/mol. The molecule has 0 aliphatic heterocycles. The Hall–Kier alpha value is -1.59. The molecule has 5 heteroatoms. The number of hydrogen-bond acceptors (Lipinski definition) is 4. The second-order valence-electron chi connectivity index (χ2n) is 5.57. The number of aliphatic hydroxyl groups is 1. The maximum Gasteiger partial charge on any atom is 0.248 e. The van der Waals surface area contributed by atoms with Gasteiger partial charge in [-0.2, -0.15) is 0 Å². The number of nitrogens with two attached hydrogens (primary N) is 1. The fraction of sp³-hybridized carbons (Fsp3) is 0.562. The summed E-state index contributed by atoms with van der Waals surface area (Å²) in [5, 5.41) is 13.0. The summed E-state index contributed by atoms with van der Waals surface area (Å²) in [6, 6.07) is 6.87. The van der Waals surface area contributed by atoms with Gasteiger partial charge in [0.15, 0.2) is 0 Å². The molecular weight excluding hydrogens is 268 g/mol. The van der Waals surface area contributed by atoms with Crippen LogP contribution in [-0.4, -0.2) is 36.4 Å². The number of carbonyl (C=O) groups excluding carboxylic acids is 1. The number of nitrogens with one attached hydrogen (secondary N) is 1. The molecule has 0 aromatic heterocycles. The van der Waals surface area contributed by atoms with Crippen molar-refractivity contribution in [1.29, 1.82) is 0 Å². The lowest BCUT2D eigenvalue weighted by molar-refractivity contribution is -0.0195. The molecule has 1 aliphatic carbocycles. The van der Waals surface area contributed by atoms with Crippen LogP contribution in [0.3, 0.4) is 0 Å². The highest BCUT2D eigenvalue weighted by Crippen LogP contribution is 2.20. The molecule has 1 aromatic carbocycles. The Balaban J connectivity index is 1.68. The van der Waals surface area contributed by atoms with E-state index in [1.165, 1.54) is 19.3 Å². The Morgan fingerprint density at radius 2 is 1.95 bits per heavy atom. The number of aliphatic hydroxyl groups excluding tert-OH is 1. The van der Waals surface area contributed by atoms with E-state index >= 15 is 0 Å². The molecule has 116 valence electrons. The summed E-state index contributed by atoms with van der Waals surface area (Å²) in [6.45, 7) is 0.777. The molecule has 1 amide bonds. The quantitative estimate of drug-likeness (QED) is 0.716. The third-order valence-corrected chi connectivity index (χ3v) is 3.79.